The van der Waals surface area contributed by atoms with Crippen LogP contribution in [-0.2, 0) is 6.54 Å². The minimum absolute atomic E-state index is 0.113. The van der Waals surface area contributed by atoms with Crippen molar-refractivity contribution in [2.45, 2.75) is 45.7 Å². The molecule has 92 valence electrons. The van der Waals surface area contributed by atoms with Crippen molar-refractivity contribution in [3.05, 3.63) is 24.0 Å². The molecule has 2 rings (SSSR count). The van der Waals surface area contributed by atoms with Crippen LogP contribution >= 0.6 is 0 Å². The quantitative estimate of drug-likeness (QED) is 0.847. The van der Waals surface area contributed by atoms with Gasteiger partial charge in [0.05, 0.1) is 6.07 Å². The number of nitrogens with zero attached hydrogens (tertiary/aromatic N) is 2. The Labute approximate surface area is 103 Å². The third-order valence-corrected chi connectivity index (χ3v) is 3.81. The average Bonchev–Trinajstić information content (AvgIpc) is 2.87. The van der Waals surface area contributed by atoms with Crippen molar-refractivity contribution in [2.75, 3.05) is 0 Å². The van der Waals surface area contributed by atoms with Gasteiger partial charge in [0.25, 0.3) is 0 Å². The topological polar surface area (TPSA) is 54.7 Å². The maximum Gasteiger partial charge on any atom is 0.0628 e. The molecule has 1 aliphatic carbocycles. The second-order valence-electron chi connectivity index (χ2n) is 5.72. The lowest BCUT2D eigenvalue weighted by molar-refractivity contribution is 0.430. The molecule has 1 aromatic heterocycles. The summed E-state index contributed by atoms with van der Waals surface area (Å²) in [5, 5.41) is 8.81. The van der Waals surface area contributed by atoms with Gasteiger partial charge in [-0.1, -0.05) is 13.8 Å². The van der Waals surface area contributed by atoms with Gasteiger partial charge in [-0.25, -0.2) is 0 Å². The predicted octanol–water partition coefficient (Wildman–Crippen LogP) is 2.84. The van der Waals surface area contributed by atoms with Crippen molar-refractivity contribution in [3.63, 3.8) is 0 Å². The first kappa shape index (κ1) is 12.2. The zero-order chi connectivity index (χ0) is 12.5. The summed E-state index contributed by atoms with van der Waals surface area (Å²) in [6, 6.07) is 4.52. The van der Waals surface area contributed by atoms with E-state index in [4.69, 9.17) is 11.0 Å². The van der Waals surface area contributed by atoms with Gasteiger partial charge in [-0.2, -0.15) is 5.26 Å². The van der Waals surface area contributed by atoms with Gasteiger partial charge in [0, 0.05) is 36.8 Å². The molecule has 0 saturated heterocycles. The lowest BCUT2D eigenvalue weighted by Crippen LogP contribution is -2.16. The zero-order valence-corrected chi connectivity index (χ0v) is 10.7. The molecule has 1 saturated carbocycles. The SMILES string of the molecule is CC(C)C(N)c1ccn(CC2(CC#N)CC2)c1. The Kier molecular flexibility index (Phi) is 3.26. The van der Waals surface area contributed by atoms with Gasteiger partial charge in [0.2, 0.25) is 0 Å². The average molecular weight is 231 g/mol. The molecule has 2 N–H and O–H groups in total. The van der Waals surface area contributed by atoms with Crippen LogP contribution in [-0.4, -0.2) is 4.57 Å². The third kappa shape index (κ3) is 2.70. The highest BCUT2D eigenvalue weighted by Gasteiger charge is 2.42. The van der Waals surface area contributed by atoms with Gasteiger partial charge in [0.15, 0.2) is 0 Å². The number of hydrogen-bond acceptors (Lipinski definition) is 2. The summed E-state index contributed by atoms with van der Waals surface area (Å²) in [6.45, 7) is 5.24. The van der Waals surface area contributed by atoms with Crippen molar-refractivity contribution in [3.8, 4) is 6.07 Å². The Hall–Kier alpha value is -1.27. The maximum absolute atomic E-state index is 8.81. The molecule has 0 bridgehead atoms. The number of nitriles is 1. The van der Waals surface area contributed by atoms with Gasteiger partial charge in [-0.3, -0.25) is 0 Å². The maximum atomic E-state index is 8.81. The van der Waals surface area contributed by atoms with Crippen LogP contribution in [0.2, 0.25) is 0 Å². The van der Waals surface area contributed by atoms with E-state index < -0.39 is 0 Å². The molecule has 0 amide bonds. The van der Waals surface area contributed by atoms with Crippen LogP contribution in [0.15, 0.2) is 18.5 Å². The molecule has 1 aliphatic rings. The van der Waals surface area contributed by atoms with Crippen molar-refractivity contribution >= 4 is 0 Å². The zero-order valence-electron chi connectivity index (χ0n) is 10.7. The third-order valence-electron chi connectivity index (χ3n) is 3.81. The van der Waals surface area contributed by atoms with E-state index in [-0.39, 0.29) is 11.5 Å². The summed E-state index contributed by atoms with van der Waals surface area (Å²) in [6.07, 6.45) is 7.28. The van der Waals surface area contributed by atoms with E-state index in [1.165, 1.54) is 18.4 Å². The fraction of sp³-hybridized carbons (Fsp3) is 0.643. The molecule has 3 heteroatoms. The Balaban J connectivity index is 2.02. The second-order valence-corrected chi connectivity index (χ2v) is 5.72. The predicted molar refractivity (Wildman–Crippen MR) is 68.1 cm³/mol. The summed E-state index contributed by atoms with van der Waals surface area (Å²) in [7, 11) is 0. The first-order valence-corrected chi connectivity index (χ1v) is 6.34. The van der Waals surface area contributed by atoms with E-state index in [1.807, 2.05) is 0 Å². The highest BCUT2D eigenvalue weighted by Crippen LogP contribution is 2.50. The Morgan fingerprint density at radius 2 is 2.24 bits per heavy atom. The molecule has 1 atom stereocenters. The summed E-state index contributed by atoms with van der Waals surface area (Å²) in [5.74, 6) is 0.458. The highest BCUT2D eigenvalue weighted by molar-refractivity contribution is 5.16. The molecule has 3 nitrogen and oxygen atoms in total. The van der Waals surface area contributed by atoms with E-state index >= 15 is 0 Å². The molecule has 0 aromatic carbocycles. The largest absolute Gasteiger partial charge is 0.353 e. The lowest BCUT2D eigenvalue weighted by Gasteiger charge is -2.14. The van der Waals surface area contributed by atoms with Crippen LogP contribution in [0.3, 0.4) is 0 Å². The Morgan fingerprint density at radius 1 is 1.53 bits per heavy atom. The van der Waals surface area contributed by atoms with Gasteiger partial charge in [-0.05, 0) is 30.4 Å². The van der Waals surface area contributed by atoms with Gasteiger partial charge < -0.3 is 10.3 Å². The number of rotatable bonds is 5. The number of nitrogens with two attached hydrogens (primary N) is 1. The normalized spacial score (nSPS) is 19.0. The smallest absolute Gasteiger partial charge is 0.0628 e. The molecular formula is C14H21N3. The number of aromatic nitrogens is 1. The van der Waals surface area contributed by atoms with Crippen molar-refractivity contribution in [2.24, 2.45) is 17.1 Å². The Morgan fingerprint density at radius 3 is 2.76 bits per heavy atom. The van der Waals surface area contributed by atoms with E-state index in [0.717, 1.165) is 6.54 Å². The standard InChI is InChI=1S/C14H21N3/c1-11(2)13(16)12-3-8-17(9-12)10-14(4-5-14)6-7-15/h3,8-9,11,13H,4-6,10,16H2,1-2H3. The Bertz CT molecular complexity index is 421. The minimum atomic E-state index is 0.113. The summed E-state index contributed by atoms with van der Waals surface area (Å²) >= 11 is 0. The van der Waals surface area contributed by atoms with Crippen molar-refractivity contribution in [1.82, 2.24) is 4.57 Å². The fourth-order valence-corrected chi connectivity index (χ4v) is 2.26. The van der Waals surface area contributed by atoms with Crippen molar-refractivity contribution < 1.29 is 0 Å². The van der Waals surface area contributed by atoms with Crippen molar-refractivity contribution in [1.29, 1.82) is 5.26 Å². The second kappa shape index (κ2) is 4.54. The molecule has 1 heterocycles. The summed E-state index contributed by atoms with van der Waals surface area (Å²) in [5.41, 5.74) is 7.58. The van der Waals surface area contributed by atoms with Crippen LogP contribution in [0.25, 0.3) is 0 Å². The van der Waals surface area contributed by atoms with Crippen LogP contribution in [0.1, 0.15) is 44.7 Å². The molecule has 0 spiro atoms. The molecule has 1 unspecified atom stereocenters. The summed E-state index contributed by atoms with van der Waals surface area (Å²) < 4.78 is 2.20. The van der Waals surface area contributed by atoms with Gasteiger partial charge in [-0.15, -0.1) is 0 Å². The molecular weight excluding hydrogens is 210 g/mol. The molecule has 17 heavy (non-hydrogen) atoms. The first-order valence-electron chi connectivity index (χ1n) is 6.34. The van der Waals surface area contributed by atoms with Crippen LogP contribution in [0.5, 0.6) is 0 Å². The minimum Gasteiger partial charge on any atom is -0.353 e. The summed E-state index contributed by atoms with van der Waals surface area (Å²) in [4.78, 5) is 0. The van der Waals surface area contributed by atoms with Crippen LogP contribution in [0, 0.1) is 22.7 Å². The van der Waals surface area contributed by atoms with E-state index in [0.29, 0.717) is 12.3 Å². The van der Waals surface area contributed by atoms with Gasteiger partial charge >= 0.3 is 0 Å². The lowest BCUT2D eigenvalue weighted by atomic mass is 10.00. The van der Waals surface area contributed by atoms with Gasteiger partial charge in [0.1, 0.15) is 0 Å². The monoisotopic (exact) mass is 231 g/mol. The fourth-order valence-electron chi connectivity index (χ4n) is 2.26. The number of hydrogen-bond donors (Lipinski definition) is 1. The molecule has 0 radical (unpaired) electrons. The first-order chi connectivity index (χ1) is 8.06. The molecule has 0 aliphatic heterocycles. The van der Waals surface area contributed by atoms with E-state index in [1.54, 1.807) is 0 Å². The molecule has 1 fully saturated rings. The van der Waals surface area contributed by atoms with E-state index in [2.05, 4.69) is 42.9 Å². The molecule has 1 aromatic rings. The highest BCUT2D eigenvalue weighted by atomic mass is 15.0. The van der Waals surface area contributed by atoms with Crippen LogP contribution < -0.4 is 5.73 Å². The van der Waals surface area contributed by atoms with E-state index in [9.17, 15) is 0 Å². The van der Waals surface area contributed by atoms with Crippen LogP contribution in [0.4, 0.5) is 0 Å².